The first-order valence-corrected chi connectivity index (χ1v) is 10.3. The second kappa shape index (κ2) is 9.72. The number of rotatable bonds is 8. The highest BCUT2D eigenvalue weighted by Gasteiger charge is 2.30. The van der Waals surface area contributed by atoms with Crippen LogP contribution in [0, 0.1) is 0 Å². The first-order valence-electron chi connectivity index (χ1n) is 10.3. The number of anilines is 2. The number of ether oxygens (including phenoxy) is 4. The maximum absolute atomic E-state index is 12.9. The molecule has 4 N–H and O–H groups in total. The summed E-state index contributed by atoms with van der Waals surface area (Å²) in [5, 5.41) is 11.8. The molecular formula is C23H26N2O6. The minimum atomic E-state index is -0.590. The van der Waals surface area contributed by atoms with E-state index in [1.165, 1.54) is 0 Å². The van der Waals surface area contributed by atoms with E-state index in [4.69, 9.17) is 29.8 Å². The second-order valence-corrected chi connectivity index (χ2v) is 7.38. The minimum Gasteiger partial charge on any atom is -0.459 e. The van der Waals surface area contributed by atoms with Crippen LogP contribution in [0.4, 0.5) is 11.4 Å². The Morgan fingerprint density at radius 3 is 2.84 bits per heavy atom. The lowest BCUT2D eigenvalue weighted by Crippen LogP contribution is -2.29. The fourth-order valence-corrected chi connectivity index (χ4v) is 3.52. The molecule has 164 valence electrons. The molecule has 2 heterocycles. The first kappa shape index (κ1) is 21.0. The molecule has 2 aromatic carbocycles. The van der Waals surface area contributed by atoms with Crippen molar-refractivity contribution in [1.29, 1.82) is 0 Å². The standard InChI is InChI=1S/C23H26N2O6/c24-17-5-1-2-6-18(17)25-23(27)21-12-16(13-22(31-21)28-10-4-3-9-26)15-7-8-19-20(11-15)30-14-29-19/h1-2,5-8,11-12,16,22,26H,3-4,9-10,13-14,24H2,(H,25,27). The number of benzene rings is 2. The number of aliphatic hydroxyl groups is 1. The van der Waals surface area contributed by atoms with E-state index in [0.717, 1.165) is 5.56 Å². The van der Waals surface area contributed by atoms with E-state index < -0.39 is 12.2 Å². The van der Waals surface area contributed by atoms with Crippen LogP contribution >= 0.6 is 0 Å². The number of amides is 1. The molecule has 0 aromatic heterocycles. The van der Waals surface area contributed by atoms with Crippen molar-refractivity contribution >= 4 is 17.3 Å². The highest BCUT2D eigenvalue weighted by molar-refractivity contribution is 6.04. The lowest BCUT2D eigenvalue weighted by molar-refractivity contribution is -0.143. The number of para-hydroxylation sites is 2. The molecule has 0 saturated carbocycles. The number of nitrogen functional groups attached to an aromatic ring is 1. The zero-order valence-corrected chi connectivity index (χ0v) is 17.1. The number of carbonyl (C=O) groups is 1. The topological polar surface area (TPSA) is 112 Å². The Morgan fingerprint density at radius 2 is 2.00 bits per heavy atom. The molecule has 8 heteroatoms. The number of allylic oxidation sites excluding steroid dienone is 1. The SMILES string of the molecule is Nc1ccccc1NC(=O)C1=CC(c2ccc3c(c2)OCO3)CC(OCCCCO)O1. The lowest BCUT2D eigenvalue weighted by Gasteiger charge is -2.29. The van der Waals surface area contributed by atoms with Gasteiger partial charge < -0.3 is 35.1 Å². The molecule has 2 atom stereocenters. The third-order valence-corrected chi connectivity index (χ3v) is 5.17. The van der Waals surface area contributed by atoms with Gasteiger partial charge in [-0.1, -0.05) is 18.2 Å². The van der Waals surface area contributed by atoms with E-state index in [2.05, 4.69) is 5.32 Å². The van der Waals surface area contributed by atoms with E-state index >= 15 is 0 Å². The van der Waals surface area contributed by atoms with Gasteiger partial charge in [-0.2, -0.15) is 0 Å². The van der Waals surface area contributed by atoms with Crippen LogP contribution in [-0.2, 0) is 14.3 Å². The summed E-state index contributed by atoms with van der Waals surface area (Å²) in [7, 11) is 0. The molecule has 8 nitrogen and oxygen atoms in total. The van der Waals surface area contributed by atoms with Crippen LogP contribution in [0.3, 0.4) is 0 Å². The van der Waals surface area contributed by atoms with Crippen molar-refractivity contribution in [1.82, 2.24) is 0 Å². The van der Waals surface area contributed by atoms with Gasteiger partial charge in [-0.3, -0.25) is 4.79 Å². The van der Waals surface area contributed by atoms with E-state index in [1.54, 1.807) is 30.3 Å². The molecule has 1 amide bonds. The van der Waals surface area contributed by atoms with Crippen LogP contribution in [0.5, 0.6) is 11.5 Å². The van der Waals surface area contributed by atoms with Crippen LogP contribution in [0.15, 0.2) is 54.3 Å². The zero-order chi connectivity index (χ0) is 21.6. The normalized spacial score (nSPS) is 19.5. The molecule has 31 heavy (non-hydrogen) atoms. The summed E-state index contributed by atoms with van der Waals surface area (Å²) in [6, 6.07) is 12.8. The summed E-state index contributed by atoms with van der Waals surface area (Å²) in [6.07, 6.45) is 3.10. The van der Waals surface area contributed by atoms with Gasteiger partial charge in [-0.15, -0.1) is 0 Å². The number of carbonyl (C=O) groups excluding carboxylic acids is 1. The van der Waals surface area contributed by atoms with Gasteiger partial charge in [-0.25, -0.2) is 0 Å². The number of nitrogens with two attached hydrogens (primary N) is 1. The van der Waals surface area contributed by atoms with Crippen LogP contribution in [0.2, 0.25) is 0 Å². The number of nitrogens with one attached hydrogen (secondary N) is 1. The van der Waals surface area contributed by atoms with Gasteiger partial charge in [0.05, 0.1) is 18.0 Å². The molecule has 2 aromatic rings. The fraction of sp³-hybridized carbons (Fsp3) is 0.348. The van der Waals surface area contributed by atoms with Crippen molar-refractivity contribution in [3.8, 4) is 11.5 Å². The van der Waals surface area contributed by atoms with Crippen LogP contribution < -0.4 is 20.5 Å². The Kier molecular flexibility index (Phi) is 6.59. The van der Waals surface area contributed by atoms with E-state index in [0.29, 0.717) is 48.7 Å². The van der Waals surface area contributed by atoms with Gasteiger partial charge in [0.25, 0.3) is 5.91 Å². The molecule has 2 aliphatic rings. The average Bonchev–Trinajstić information content (AvgIpc) is 3.26. The summed E-state index contributed by atoms with van der Waals surface area (Å²) in [4.78, 5) is 12.9. The predicted molar refractivity (Wildman–Crippen MR) is 115 cm³/mol. The number of hydrogen-bond acceptors (Lipinski definition) is 7. The van der Waals surface area contributed by atoms with E-state index in [9.17, 15) is 4.79 Å². The number of unbranched alkanes of at least 4 members (excludes halogenated alkanes) is 1. The summed E-state index contributed by atoms with van der Waals surface area (Å²) in [5.41, 5.74) is 7.90. The smallest absolute Gasteiger partial charge is 0.290 e. The molecule has 2 aliphatic heterocycles. The maximum atomic E-state index is 12.9. The van der Waals surface area contributed by atoms with Gasteiger partial charge >= 0.3 is 0 Å². The fourth-order valence-electron chi connectivity index (χ4n) is 3.52. The van der Waals surface area contributed by atoms with Gasteiger partial charge in [0, 0.05) is 18.9 Å². The van der Waals surface area contributed by atoms with Crippen molar-refractivity contribution < 1.29 is 28.8 Å². The molecular weight excluding hydrogens is 400 g/mol. The largest absolute Gasteiger partial charge is 0.459 e. The van der Waals surface area contributed by atoms with Gasteiger partial charge in [0.15, 0.2) is 17.3 Å². The summed E-state index contributed by atoms with van der Waals surface area (Å²) < 4.78 is 22.6. The maximum Gasteiger partial charge on any atom is 0.290 e. The van der Waals surface area contributed by atoms with Crippen molar-refractivity contribution in [3.63, 3.8) is 0 Å². The first-order chi connectivity index (χ1) is 15.1. The van der Waals surface area contributed by atoms with Crippen LogP contribution in [-0.4, -0.2) is 37.3 Å². The van der Waals surface area contributed by atoms with Gasteiger partial charge in [0.1, 0.15) is 0 Å². The highest BCUT2D eigenvalue weighted by Crippen LogP contribution is 2.38. The Balaban J connectivity index is 1.54. The summed E-state index contributed by atoms with van der Waals surface area (Å²) in [6.45, 7) is 0.742. The summed E-state index contributed by atoms with van der Waals surface area (Å²) in [5.74, 6) is 1.05. The molecule has 0 bridgehead atoms. The van der Waals surface area contributed by atoms with Gasteiger partial charge in [-0.05, 0) is 48.7 Å². The third kappa shape index (κ3) is 5.10. The molecule has 0 saturated heterocycles. The Labute approximate surface area is 180 Å². The Morgan fingerprint density at radius 1 is 1.16 bits per heavy atom. The van der Waals surface area contributed by atoms with Gasteiger partial charge in [0.2, 0.25) is 13.1 Å². The van der Waals surface area contributed by atoms with Crippen molar-refractivity contribution in [3.05, 3.63) is 59.9 Å². The van der Waals surface area contributed by atoms with Crippen molar-refractivity contribution in [2.24, 2.45) is 0 Å². The quantitative estimate of drug-likeness (QED) is 0.439. The highest BCUT2D eigenvalue weighted by atomic mass is 16.7. The molecule has 0 radical (unpaired) electrons. The number of fused-ring (bicyclic) bond motifs is 1. The second-order valence-electron chi connectivity index (χ2n) is 7.38. The average molecular weight is 426 g/mol. The molecule has 4 rings (SSSR count). The Hall–Kier alpha value is -3.23. The van der Waals surface area contributed by atoms with Crippen LogP contribution in [0.1, 0.15) is 30.7 Å². The zero-order valence-electron chi connectivity index (χ0n) is 17.1. The van der Waals surface area contributed by atoms with E-state index in [-0.39, 0.29) is 25.1 Å². The summed E-state index contributed by atoms with van der Waals surface area (Å²) >= 11 is 0. The number of hydrogen-bond donors (Lipinski definition) is 3. The monoisotopic (exact) mass is 426 g/mol. The minimum absolute atomic E-state index is 0.111. The van der Waals surface area contributed by atoms with Crippen molar-refractivity contribution in [2.45, 2.75) is 31.5 Å². The predicted octanol–water partition coefficient (Wildman–Crippen LogP) is 3.14. The molecule has 0 fully saturated rings. The molecule has 2 unspecified atom stereocenters. The van der Waals surface area contributed by atoms with Crippen LogP contribution in [0.25, 0.3) is 0 Å². The number of aliphatic hydroxyl groups excluding tert-OH is 1. The third-order valence-electron chi connectivity index (χ3n) is 5.17. The Bertz CT molecular complexity index is 961. The molecule has 0 aliphatic carbocycles. The lowest BCUT2D eigenvalue weighted by atomic mass is 9.92. The van der Waals surface area contributed by atoms with E-state index in [1.807, 2.05) is 18.2 Å². The van der Waals surface area contributed by atoms with Crippen molar-refractivity contribution in [2.75, 3.05) is 31.1 Å². The molecule has 0 spiro atoms.